The van der Waals surface area contributed by atoms with Crippen LogP contribution < -0.4 is 14.8 Å². The van der Waals surface area contributed by atoms with E-state index in [9.17, 15) is 0 Å². The average molecular weight is 323 g/mol. The monoisotopic (exact) mass is 323 g/mol. The van der Waals surface area contributed by atoms with Crippen molar-refractivity contribution in [1.29, 1.82) is 10.8 Å². The molecule has 2 aromatic carbocycles. The van der Waals surface area contributed by atoms with Crippen LogP contribution >= 0.6 is 0 Å². The van der Waals surface area contributed by atoms with Gasteiger partial charge in [-0.25, -0.2) is 0 Å². The van der Waals surface area contributed by atoms with Crippen LogP contribution in [0.5, 0.6) is 17.2 Å². The number of hydrogen-bond acceptors (Lipinski definition) is 5. The summed E-state index contributed by atoms with van der Waals surface area (Å²) < 4.78 is 11.7. The molecule has 124 valence electrons. The predicted octanol–water partition coefficient (Wildman–Crippen LogP) is 3.63. The maximum atomic E-state index is 7.83. The van der Waals surface area contributed by atoms with Crippen molar-refractivity contribution in [2.24, 2.45) is 0 Å². The van der Waals surface area contributed by atoms with Gasteiger partial charge in [-0.05, 0) is 67.1 Å². The quantitative estimate of drug-likeness (QED) is 0.681. The molecule has 1 aliphatic rings. The smallest absolute Gasteiger partial charge is 0.127 e. The Hall–Kier alpha value is -2.66. The van der Waals surface area contributed by atoms with Gasteiger partial charge < -0.3 is 25.6 Å². The Morgan fingerprint density at radius 2 is 1.67 bits per heavy atom. The summed E-state index contributed by atoms with van der Waals surface area (Å²) in [6, 6.07) is 15.0. The molecule has 1 atom stereocenters. The van der Waals surface area contributed by atoms with Crippen molar-refractivity contribution >= 4 is 11.9 Å². The van der Waals surface area contributed by atoms with E-state index in [0.29, 0.717) is 12.1 Å². The first kappa shape index (κ1) is 16.2. The highest BCUT2D eigenvalue weighted by molar-refractivity contribution is 6.04. The number of rotatable bonds is 7. The van der Waals surface area contributed by atoms with Crippen molar-refractivity contribution in [3.8, 4) is 17.2 Å². The van der Waals surface area contributed by atoms with E-state index in [1.54, 1.807) is 0 Å². The largest absolute Gasteiger partial charge is 0.489 e. The molecule has 3 N–H and O–H groups in total. The van der Waals surface area contributed by atoms with Gasteiger partial charge in [-0.15, -0.1) is 0 Å². The minimum Gasteiger partial charge on any atom is -0.489 e. The Bertz CT molecular complexity index is 690. The van der Waals surface area contributed by atoms with Crippen LogP contribution in [0.1, 0.15) is 18.4 Å². The third kappa shape index (κ3) is 4.20. The zero-order valence-corrected chi connectivity index (χ0v) is 13.4. The summed E-state index contributed by atoms with van der Waals surface area (Å²) in [7, 11) is 0. The first-order chi connectivity index (χ1) is 11.7. The minimum absolute atomic E-state index is 0.251. The lowest BCUT2D eigenvalue weighted by atomic mass is 10.1. The predicted molar refractivity (Wildman–Crippen MR) is 95.1 cm³/mol. The van der Waals surface area contributed by atoms with Crippen LogP contribution in [0.4, 0.5) is 0 Å². The summed E-state index contributed by atoms with van der Waals surface area (Å²) in [6.07, 6.45) is 2.87. The highest BCUT2D eigenvalue weighted by Crippen LogP contribution is 2.25. The number of benzene rings is 2. The lowest BCUT2D eigenvalue weighted by Crippen LogP contribution is -2.19. The van der Waals surface area contributed by atoms with E-state index in [2.05, 4.69) is 5.32 Å². The van der Waals surface area contributed by atoms with Crippen LogP contribution in [0, 0.1) is 10.8 Å². The highest BCUT2D eigenvalue weighted by atomic mass is 16.5. The third-order valence-electron chi connectivity index (χ3n) is 3.89. The summed E-state index contributed by atoms with van der Waals surface area (Å²) in [5, 5.41) is 18.2. The van der Waals surface area contributed by atoms with Crippen molar-refractivity contribution in [1.82, 2.24) is 5.32 Å². The molecule has 0 bridgehead atoms. The molecule has 5 nitrogen and oxygen atoms in total. The van der Waals surface area contributed by atoms with Gasteiger partial charge in [0.1, 0.15) is 23.4 Å². The zero-order chi connectivity index (χ0) is 16.8. The maximum absolute atomic E-state index is 7.83. The van der Waals surface area contributed by atoms with Crippen molar-refractivity contribution in [2.45, 2.75) is 18.9 Å². The third-order valence-corrected chi connectivity index (χ3v) is 3.89. The van der Waals surface area contributed by atoms with Crippen molar-refractivity contribution in [2.75, 3.05) is 13.1 Å². The summed E-state index contributed by atoms with van der Waals surface area (Å²) in [5.74, 6) is 2.32. The Balaban J connectivity index is 1.59. The van der Waals surface area contributed by atoms with Gasteiger partial charge in [0.05, 0.1) is 0 Å². The Morgan fingerprint density at radius 3 is 2.25 bits per heavy atom. The molecular formula is C19H21N3O2. The molecule has 24 heavy (non-hydrogen) atoms. The Morgan fingerprint density at radius 1 is 1.04 bits per heavy atom. The standard InChI is InChI=1S/C19H21N3O2/c20-11-9-19(21)14-1-3-15(4-2-14)23-16-5-7-17(8-6-16)24-18-10-12-22-13-18/h1-8,11,18,20-22H,9-10,12-13H2. The van der Waals surface area contributed by atoms with Crippen molar-refractivity contribution in [3.63, 3.8) is 0 Å². The second kappa shape index (κ2) is 7.75. The molecule has 1 heterocycles. The summed E-state index contributed by atoms with van der Waals surface area (Å²) in [6.45, 7) is 1.91. The fourth-order valence-electron chi connectivity index (χ4n) is 2.59. The maximum Gasteiger partial charge on any atom is 0.127 e. The van der Waals surface area contributed by atoms with E-state index in [1.807, 2.05) is 48.5 Å². The molecule has 0 amide bonds. The Labute approximate surface area is 141 Å². The fraction of sp³-hybridized carbons (Fsp3) is 0.263. The molecule has 3 rings (SSSR count). The molecule has 5 heteroatoms. The van der Waals surface area contributed by atoms with Crippen LogP contribution in [-0.4, -0.2) is 31.1 Å². The van der Waals surface area contributed by atoms with E-state index in [0.717, 1.165) is 42.3 Å². The molecule has 1 aliphatic heterocycles. The van der Waals surface area contributed by atoms with Gasteiger partial charge in [-0.2, -0.15) is 0 Å². The van der Waals surface area contributed by atoms with Gasteiger partial charge >= 0.3 is 0 Å². The van der Waals surface area contributed by atoms with E-state index in [4.69, 9.17) is 20.3 Å². The van der Waals surface area contributed by atoms with Crippen LogP contribution in [0.25, 0.3) is 0 Å². The van der Waals surface area contributed by atoms with Crippen LogP contribution in [0.2, 0.25) is 0 Å². The number of hydrogen-bond donors (Lipinski definition) is 3. The summed E-state index contributed by atoms with van der Waals surface area (Å²) >= 11 is 0. The van der Waals surface area contributed by atoms with Crippen molar-refractivity contribution in [3.05, 3.63) is 54.1 Å². The lowest BCUT2D eigenvalue weighted by molar-refractivity contribution is 0.223. The molecule has 0 spiro atoms. The van der Waals surface area contributed by atoms with E-state index < -0.39 is 0 Å². The topological polar surface area (TPSA) is 78.2 Å². The molecule has 0 radical (unpaired) electrons. The normalized spacial score (nSPS) is 16.6. The van der Waals surface area contributed by atoms with Gasteiger partial charge in [0, 0.05) is 24.9 Å². The first-order valence-electron chi connectivity index (χ1n) is 8.06. The second-order valence-corrected chi connectivity index (χ2v) is 5.72. The molecule has 1 saturated heterocycles. The SMILES string of the molecule is N=CCC(=N)c1ccc(Oc2ccc(OC3CCNC3)cc2)cc1. The highest BCUT2D eigenvalue weighted by Gasteiger charge is 2.15. The minimum atomic E-state index is 0.251. The van der Waals surface area contributed by atoms with Gasteiger partial charge in [0.25, 0.3) is 0 Å². The zero-order valence-electron chi connectivity index (χ0n) is 13.4. The van der Waals surface area contributed by atoms with E-state index in [1.165, 1.54) is 6.21 Å². The lowest BCUT2D eigenvalue weighted by Gasteiger charge is -2.13. The van der Waals surface area contributed by atoms with Gasteiger partial charge in [-0.3, -0.25) is 0 Å². The van der Waals surface area contributed by atoms with E-state index >= 15 is 0 Å². The number of ether oxygens (including phenoxy) is 2. The van der Waals surface area contributed by atoms with Crippen LogP contribution in [0.15, 0.2) is 48.5 Å². The molecule has 2 aromatic rings. The second-order valence-electron chi connectivity index (χ2n) is 5.72. The molecule has 0 aliphatic carbocycles. The van der Waals surface area contributed by atoms with Gasteiger partial charge in [0.2, 0.25) is 0 Å². The van der Waals surface area contributed by atoms with Gasteiger partial charge in [0.15, 0.2) is 0 Å². The first-order valence-corrected chi connectivity index (χ1v) is 8.06. The molecular weight excluding hydrogens is 302 g/mol. The summed E-state index contributed by atoms with van der Waals surface area (Å²) in [4.78, 5) is 0. The summed E-state index contributed by atoms with van der Waals surface area (Å²) in [5.41, 5.74) is 1.24. The number of nitrogens with one attached hydrogen (secondary N) is 3. The average Bonchev–Trinajstić information content (AvgIpc) is 3.10. The van der Waals surface area contributed by atoms with Crippen LogP contribution in [0.3, 0.4) is 0 Å². The van der Waals surface area contributed by atoms with Crippen molar-refractivity contribution < 1.29 is 9.47 Å². The Kier molecular flexibility index (Phi) is 5.23. The molecule has 0 aromatic heterocycles. The van der Waals surface area contributed by atoms with E-state index in [-0.39, 0.29) is 6.10 Å². The fourth-order valence-corrected chi connectivity index (χ4v) is 2.59. The van der Waals surface area contributed by atoms with Crippen LogP contribution in [-0.2, 0) is 0 Å². The molecule has 1 unspecified atom stereocenters. The van der Waals surface area contributed by atoms with Gasteiger partial charge in [-0.1, -0.05) is 0 Å². The molecule has 1 fully saturated rings. The molecule has 0 saturated carbocycles.